The maximum absolute atomic E-state index is 12.4. The fourth-order valence-corrected chi connectivity index (χ4v) is 3.28. The van der Waals surface area contributed by atoms with Crippen molar-refractivity contribution in [3.05, 3.63) is 35.4 Å². The molecule has 102 valence electrons. The third kappa shape index (κ3) is 1.90. The molecule has 0 radical (unpaired) electrons. The molecule has 20 heavy (non-hydrogen) atoms. The maximum atomic E-state index is 12.4. The third-order valence-electron chi connectivity index (χ3n) is 4.33. The van der Waals surface area contributed by atoms with Gasteiger partial charge >= 0.3 is 0 Å². The Hall–Kier alpha value is -2.15. The van der Waals surface area contributed by atoms with Crippen LogP contribution in [0.15, 0.2) is 24.3 Å². The summed E-state index contributed by atoms with van der Waals surface area (Å²) in [6.07, 6.45) is 5.17. The Morgan fingerprint density at radius 1 is 1.05 bits per heavy atom. The van der Waals surface area contributed by atoms with Crippen molar-refractivity contribution in [1.29, 1.82) is 5.26 Å². The highest BCUT2D eigenvalue weighted by Gasteiger charge is 2.42. The number of benzene rings is 1. The Labute approximate surface area is 118 Å². The highest BCUT2D eigenvalue weighted by molar-refractivity contribution is 6.21. The largest absolute Gasteiger partial charge is 0.269 e. The number of hydrogen-bond donors (Lipinski definition) is 0. The van der Waals surface area contributed by atoms with Crippen molar-refractivity contribution < 1.29 is 9.59 Å². The van der Waals surface area contributed by atoms with E-state index >= 15 is 0 Å². The topological polar surface area (TPSA) is 61.2 Å². The second-order valence-electron chi connectivity index (χ2n) is 5.50. The van der Waals surface area contributed by atoms with Gasteiger partial charge in [0.1, 0.15) is 6.04 Å². The first-order chi connectivity index (χ1) is 9.74. The highest BCUT2D eigenvalue weighted by atomic mass is 16.2. The minimum atomic E-state index is -0.622. The van der Waals surface area contributed by atoms with Crippen LogP contribution in [0.4, 0.5) is 0 Å². The average Bonchev–Trinajstić information content (AvgIpc) is 2.75. The predicted molar refractivity (Wildman–Crippen MR) is 72.9 cm³/mol. The lowest BCUT2D eigenvalue weighted by molar-refractivity contribution is 0.0558. The molecular weight excluding hydrogens is 252 g/mol. The van der Waals surface area contributed by atoms with Gasteiger partial charge in [-0.05, 0) is 30.9 Å². The molecule has 3 rings (SSSR count). The summed E-state index contributed by atoms with van der Waals surface area (Å²) in [6.45, 7) is 0. The summed E-state index contributed by atoms with van der Waals surface area (Å²) >= 11 is 0. The van der Waals surface area contributed by atoms with E-state index in [1.54, 1.807) is 24.3 Å². The number of amides is 2. The van der Waals surface area contributed by atoms with Crippen molar-refractivity contribution in [3.8, 4) is 6.07 Å². The second-order valence-corrected chi connectivity index (χ2v) is 5.50. The minimum Gasteiger partial charge on any atom is -0.269 e. The molecule has 4 nitrogen and oxygen atoms in total. The van der Waals surface area contributed by atoms with E-state index in [0.29, 0.717) is 11.1 Å². The Morgan fingerprint density at radius 3 is 2.10 bits per heavy atom. The Balaban J connectivity index is 1.92. The van der Waals surface area contributed by atoms with Crippen LogP contribution in [0, 0.1) is 17.2 Å². The van der Waals surface area contributed by atoms with E-state index in [-0.39, 0.29) is 17.7 Å². The molecule has 1 atom stereocenters. The predicted octanol–water partition coefficient (Wildman–Crippen LogP) is 2.76. The zero-order valence-electron chi connectivity index (χ0n) is 11.2. The molecule has 1 heterocycles. The quantitative estimate of drug-likeness (QED) is 0.775. The zero-order valence-corrected chi connectivity index (χ0v) is 11.2. The van der Waals surface area contributed by atoms with Crippen molar-refractivity contribution in [1.82, 2.24) is 4.90 Å². The first-order valence-corrected chi connectivity index (χ1v) is 7.10. The number of carbonyl (C=O) groups excluding carboxylic acids is 2. The van der Waals surface area contributed by atoms with Crippen molar-refractivity contribution in [2.24, 2.45) is 5.92 Å². The van der Waals surface area contributed by atoms with Crippen LogP contribution in [0.2, 0.25) is 0 Å². The van der Waals surface area contributed by atoms with E-state index in [1.807, 2.05) is 0 Å². The van der Waals surface area contributed by atoms with Crippen LogP contribution in [0.5, 0.6) is 0 Å². The fourth-order valence-electron chi connectivity index (χ4n) is 3.28. The maximum Gasteiger partial charge on any atom is 0.262 e. The summed E-state index contributed by atoms with van der Waals surface area (Å²) in [4.78, 5) is 26.0. The standard InChI is InChI=1S/C16H16N2O2/c17-10-14(11-6-2-1-3-7-11)18-15(19)12-8-4-5-9-13(12)16(18)20/h4-5,8-9,11,14H,1-3,6-7H2. The molecule has 1 aromatic rings. The first kappa shape index (κ1) is 12.9. The Bertz CT molecular complexity index is 562. The van der Waals surface area contributed by atoms with Gasteiger partial charge in [0, 0.05) is 0 Å². The molecule has 0 saturated heterocycles. The van der Waals surface area contributed by atoms with Crippen molar-refractivity contribution in [2.75, 3.05) is 0 Å². The van der Waals surface area contributed by atoms with E-state index in [1.165, 1.54) is 11.3 Å². The molecule has 0 aromatic heterocycles. The van der Waals surface area contributed by atoms with E-state index in [4.69, 9.17) is 0 Å². The van der Waals surface area contributed by atoms with Crippen molar-refractivity contribution in [2.45, 2.75) is 38.1 Å². The number of fused-ring (bicyclic) bond motifs is 1. The normalized spacial score (nSPS) is 20.6. The van der Waals surface area contributed by atoms with Gasteiger partial charge in [-0.15, -0.1) is 0 Å². The van der Waals surface area contributed by atoms with Gasteiger partial charge in [-0.1, -0.05) is 31.4 Å². The number of carbonyl (C=O) groups is 2. The molecule has 1 fully saturated rings. The zero-order chi connectivity index (χ0) is 14.1. The van der Waals surface area contributed by atoms with Gasteiger partial charge in [0.25, 0.3) is 11.8 Å². The molecular formula is C16H16N2O2. The highest BCUT2D eigenvalue weighted by Crippen LogP contribution is 2.33. The molecule has 1 aromatic carbocycles. The van der Waals surface area contributed by atoms with E-state index in [0.717, 1.165) is 25.7 Å². The molecule has 1 saturated carbocycles. The molecule has 0 N–H and O–H groups in total. The molecule has 2 aliphatic rings. The second kappa shape index (κ2) is 5.09. The van der Waals surface area contributed by atoms with Crippen LogP contribution in [0.25, 0.3) is 0 Å². The van der Waals surface area contributed by atoms with Gasteiger partial charge in [0.05, 0.1) is 17.2 Å². The number of imide groups is 1. The third-order valence-corrected chi connectivity index (χ3v) is 4.33. The van der Waals surface area contributed by atoms with Crippen LogP contribution in [-0.4, -0.2) is 22.8 Å². The summed E-state index contributed by atoms with van der Waals surface area (Å²) < 4.78 is 0. The van der Waals surface area contributed by atoms with Crippen LogP contribution < -0.4 is 0 Å². The summed E-state index contributed by atoms with van der Waals surface area (Å²) in [7, 11) is 0. The summed E-state index contributed by atoms with van der Waals surface area (Å²) in [5, 5.41) is 9.46. The van der Waals surface area contributed by atoms with Gasteiger partial charge in [0.2, 0.25) is 0 Å². The van der Waals surface area contributed by atoms with Gasteiger partial charge in [-0.3, -0.25) is 14.5 Å². The molecule has 0 bridgehead atoms. The fraction of sp³-hybridized carbons (Fsp3) is 0.438. The van der Waals surface area contributed by atoms with E-state index < -0.39 is 6.04 Å². The van der Waals surface area contributed by atoms with Crippen LogP contribution in [0.3, 0.4) is 0 Å². The molecule has 2 amide bonds. The molecule has 1 unspecified atom stereocenters. The van der Waals surface area contributed by atoms with E-state index in [2.05, 4.69) is 6.07 Å². The summed E-state index contributed by atoms with van der Waals surface area (Å²) in [5.74, 6) is -0.513. The average molecular weight is 268 g/mol. The van der Waals surface area contributed by atoms with Crippen LogP contribution in [0.1, 0.15) is 52.8 Å². The number of rotatable bonds is 2. The van der Waals surface area contributed by atoms with Gasteiger partial charge in [-0.25, -0.2) is 0 Å². The van der Waals surface area contributed by atoms with Gasteiger partial charge < -0.3 is 0 Å². The van der Waals surface area contributed by atoms with E-state index in [9.17, 15) is 14.9 Å². The lowest BCUT2D eigenvalue weighted by Gasteiger charge is -2.30. The first-order valence-electron chi connectivity index (χ1n) is 7.10. The van der Waals surface area contributed by atoms with Crippen molar-refractivity contribution >= 4 is 11.8 Å². The lowest BCUT2D eigenvalue weighted by Crippen LogP contribution is -2.44. The number of nitrogens with zero attached hydrogens (tertiary/aromatic N) is 2. The molecule has 1 aliphatic carbocycles. The monoisotopic (exact) mass is 268 g/mol. The SMILES string of the molecule is N#CC(C1CCCCC1)N1C(=O)c2ccccc2C1=O. The lowest BCUT2D eigenvalue weighted by atomic mass is 9.83. The molecule has 1 aliphatic heterocycles. The van der Waals surface area contributed by atoms with Gasteiger partial charge in [-0.2, -0.15) is 5.26 Å². The smallest absolute Gasteiger partial charge is 0.262 e. The molecule has 4 heteroatoms. The Kier molecular flexibility index (Phi) is 3.27. The van der Waals surface area contributed by atoms with Crippen molar-refractivity contribution in [3.63, 3.8) is 0 Å². The summed E-state index contributed by atoms with van der Waals surface area (Å²) in [5.41, 5.74) is 0.849. The van der Waals surface area contributed by atoms with Crippen LogP contribution >= 0.6 is 0 Å². The number of hydrogen-bond acceptors (Lipinski definition) is 3. The molecule has 0 spiro atoms. The van der Waals surface area contributed by atoms with Gasteiger partial charge in [0.15, 0.2) is 0 Å². The minimum absolute atomic E-state index is 0.121. The Morgan fingerprint density at radius 2 is 1.60 bits per heavy atom. The number of nitriles is 1. The van der Waals surface area contributed by atoms with Crippen LogP contribution in [-0.2, 0) is 0 Å². The summed E-state index contributed by atoms with van der Waals surface area (Å²) in [6, 6.07) is 8.38.